The molecule has 2 aromatic heterocycles. The molecule has 3 heterocycles. The van der Waals surface area contributed by atoms with E-state index in [1.807, 2.05) is 6.92 Å². The maximum atomic E-state index is 13.0. The Labute approximate surface area is 169 Å². The van der Waals surface area contributed by atoms with Gasteiger partial charge in [0, 0.05) is 37.8 Å². The van der Waals surface area contributed by atoms with Crippen LogP contribution in [0.3, 0.4) is 0 Å². The van der Waals surface area contributed by atoms with E-state index >= 15 is 0 Å². The Morgan fingerprint density at radius 3 is 2.34 bits per heavy atom. The van der Waals surface area contributed by atoms with Gasteiger partial charge in [-0.1, -0.05) is 17.7 Å². The molecule has 0 spiro atoms. The van der Waals surface area contributed by atoms with Crippen LogP contribution in [-0.4, -0.2) is 49.1 Å². The lowest BCUT2D eigenvalue weighted by Crippen LogP contribution is -2.48. The second kappa shape index (κ2) is 7.00. The summed E-state index contributed by atoms with van der Waals surface area (Å²) in [6.07, 6.45) is 2.10. The number of rotatable bonds is 5. The Morgan fingerprint density at radius 2 is 1.66 bits per heavy atom. The van der Waals surface area contributed by atoms with E-state index in [0.717, 1.165) is 18.5 Å². The van der Waals surface area contributed by atoms with Gasteiger partial charge in [0.05, 0.1) is 0 Å². The normalized spacial score (nSPS) is 18.3. The highest BCUT2D eigenvalue weighted by molar-refractivity contribution is 7.89. The zero-order chi connectivity index (χ0) is 20.0. The highest BCUT2D eigenvalue weighted by atomic mass is 32.2. The number of furan rings is 1. The molecule has 0 amide bonds. The molecule has 152 valence electrons. The summed E-state index contributed by atoms with van der Waals surface area (Å²) in [5.74, 6) is 1.42. The third-order valence-electron chi connectivity index (χ3n) is 5.39. The minimum Gasteiger partial charge on any atom is -0.438 e. The standard InChI is InChI=1S/C20H22N4O4S/c1-14-2-6-16(7-3-14)23-10-12-24(13-11-23)29(25,26)18-9-8-17(27-18)20-22-21-19(28-20)15-4-5-15/h2-3,6-9,15H,4-5,10-13H2,1H3. The smallest absolute Gasteiger partial charge is 0.283 e. The molecular weight excluding hydrogens is 392 g/mol. The third kappa shape index (κ3) is 3.56. The number of benzene rings is 1. The minimum atomic E-state index is -3.71. The predicted octanol–water partition coefficient (Wildman–Crippen LogP) is 3.03. The highest BCUT2D eigenvalue weighted by Gasteiger charge is 2.33. The van der Waals surface area contributed by atoms with E-state index < -0.39 is 10.0 Å². The summed E-state index contributed by atoms with van der Waals surface area (Å²) in [6.45, 7) is 4.11. The highest BCUT2D eigenvalue weighted by Crippen LogP contribution is 2.40. The first-order valence-corrected chi connectivity index (χ1v) is 11.2. The molecule has 29 heavy (non-hydrogen) atoms. The molecule has 0 radical (unpaired) electrons. The minimum absolute atomic E-state index is 0.0949. The summed E-state index contributed by atoms with van der Waals surface area (Å²) in [6, 6.07) is 11.3. The Hall–Kier alpha value is -2.65. The average molecular weight is 414 g/mol. The van der Waals surface area contributed by atoms with Crippen molar-refractivity contribution in [2.45, 2.75) is 30.8 Å². The molecule has 3 aromatic rings. The molecule has 1 saturated heterocycles. The van der Waals surface area contributed by atoms with Crippen molar-refractivity contribution in [2.24, 2.45) is 0 Å². The van der Waals surface area contributed by atoms with Crippen molar-refractivity contribution in [3.05, 3.63) is 47.9 Å². The van der Waals surface area contributed by atoms with Crippen LogP contribution < -0.4 is 4.90 Å². The predicted molar refractivity (Wildman–Crippen MR) is 106 cm³/mol. The summed E-state index contributed by atoms with van der Waals surface area (Å²) in [7, 11) is -3.71. The maximum absolute atomic E-state index is 13.0. The van der Waals surface area contributed by atoms with Crippen molar-refractivity contribution < 1.29 is 17.3 Å². The van der Waals surface area contributed by atoms with Crippen molar-refractivity contribution in [3.8, 4) is 11.7 Å². The van der Waals surface area contributed by atoms with Gasteiger partial charge >= 0.3 is 0 Å². The van der Waals surface area contributed by atoms with Crippen LogP contribution >= 0.6 is 0 Å². The van der Waals surface area contributed by atoms with Crippen LogP contribution in [-0.2, 0) is 10.0 Å². The number of hydrogen-bond donors (Lipinski definition) is 0. The maximum Gasteiger partial charge on any atom is 0.283 e. The lowest BCUT2D eigenvalue weighted by molar-refractivity contribution is 0.361. The molecular formula is C20H22N4O4S. The van der Waals surface area contributed by atoms with Crippen molar-refractivity contribution in [1.82, 2.24) is 14.5 Å². The molecule has 8 nitrogen and oxygen atoms in total. The van der Waals surface area contributed by atoms with Gasteiger partial charge in [-0.05, 0) is 44.0 Å². The number of aromatic nitrogens is 2. The molecule has 0 atom stereocenters. The molecule has 1 aromatic carbocycles. The molecule has 9 heteroatoms. The SMILES string of the molecule is Cc1ccc(N2CCN(S(=O)(=O)c3ccc(-c4nnc(C5CC5)o4)o3)CC2)cc1. The van der Waals surface area contributed by atoms with Crippen LogP contribution in [0.1, 0.15) is 30.2 Å². The van der Waals surface area contributed by atoms with Gasteiger partial charge < -0.3 is 13.7 Å². The van der Waals surface area contributed by atoms with E-state index in [1.165, 1.54) is 15.9 Å². The van der Waals surface area contributed by atoms with E-state index in [4.69, 9.17) is 8.83 Å². The number of hydrogen-bond acceptors (Lipinski definition) is 7. The third-order valence-corrected chi connectivity index (χ3v) is 7.16. The first-order valence-electron chi connectivity index (χ1n) is 9.76. The number of piperazine rings is 1. The van der Waals surface area contributed by atoms with Gasteiger partial charge in [0.1, 0.15) is 0 Å². The van der Waals surface area contributed by atoms with Crippen molar-refractivity contribution in [2.75, 3.05) is 31.1 Å². The molecule has 5 rings (SSSR count). The van der Waals surface area contributed by atoms with Crippen LogP contribution in [0.5, 0.6) is 0 Å². The molecule has 0 N–H and O–H groups in total. The number of sulfonamides is 1. The monoisotopic (exact) mass is 414 g/mol. The molecule has 2 fully saturated rings. The Balaban J connectivity index is 1.28. The van der Waals surface area contributed by atoms with Gasteiger partial charge in [-0.3, -0.25) is 0 Å². The summed E-state index contributed by atoms with van der Waals surface area (Å²) in [5, 5.41) is 7.90. The van der Waals surface area contributed by atoms with E-state index in [1.54, 1.807) is 6.07 Å². The largest absolute Gasteiger partial charge is 0.438 e. The van der Waals surface area contributed by atoms with Gasteiger partial charge in [0.15, 0.2) is 5.76 Å². The zero-order valence-electron chi connectivity index (χ0n) is 16.1. The van der Waals surface area contributed by atoms with Gasteiger partial charge in [-0.25, -0.2) is 8.42 Å². The lowest BCUT2D eigenvalue weighted by atomic mass is 10.2. The van der Waals surface area contributed by atoms with Crippen molar-refractivity contribution in [1.29, 1.82) is 0 Å². The topological polar surface area (TPSA) is 92.7 Å². The van der Waals surface area contributed by atoms with Crippen LogP contribution in [0.4, 0.5) is 5.69 Å². The number of nitrogens with zero attached hydrogens (tertiary/aromatic N) is 4. The summed E-state index contributed by atoms with van der Waals surface area (Å²) < 4.78 is 38.6. The van der Waals surface area contributed by atoms with Crippen LogP contribution in [0.2, 0.25) is 0 Å². The van der Waals surface area contributed by atoms with Gasteiger partial charge in [-0.15, -0.1) is 10.2 Å². The first-order chi connectivity index (χ1) is 14.0. The Morgan fingerprint density at radius 1 is 0.931 bits per heavy atom. The quantitative estimate of drug-likeness (QED) is 0.633. The van der Waals surface area contributed by atoms with Crippen LogP contribution in [0.15, 0.2) is 50.3 Å². The van der Waals surface area contributed by atoms with E-state index in [-0.39, 0.29) is 16.7 Å². The molecule has 0 bridgehead atoms. The number of anilines is 1. The van der Waals surface area contributed by atoms with E-state index in [2.05, 4.69) is 39.4 Å². The van der Waals surface area contributed by atoms with Gasteiger partial charge in [0.25, 0.3) is 15.9 Å². The fourth-order valence-corrected chi connectivity index (χ4v) is 4.81. The first kappa shape index (κ1) is 18.4. The fraction of sp³-hybridized carbons (Fsp3) is 0.400. The summed E-state index contributed by atoms with van der Waals surface area (Å²) in [4.78, 5) is 2.19. The van der Waals surface area contributed by atoms with Gasteiger partial charge in [-0.2, -0.15) is 4.31 Å². The zero-order valence-corrected chi connectivity index (χ0v) is 16.9. The van der Waals surface area contributed by atoms with Gasteiger partial charge in [0.2, 0.25) is 11.0 Å². The molecule has 1 saturated carbocycles. The summed E-state index contributed by atoms with van der Waals surface area (Å²) >= 11 is 0. The summed E-state index contributed by atoms with van der Waals surface area (Å²) in [5.41, 5.74) is 2.31. The molecule has 1 aliphatic carbocycles. The number of aryl methyl sites for hydroxylation is 1. The van der Waals surface area contributed by atoms with Crippen molar-refractivity contribution >= 4 is 15.7 Å². The Kier molecular flexibility index (Phi) is 4.44. The average Bonchev–Trinajstić information content (AvgIpc) is 3.25. The lowest BCUT2D eigenvalue weighted by Gasteiger charge is -2.34. The van der Waals surface area contributed by atoms with Crippen molar-refractivity contribution in [3.63, 3.8) is 0 Å². The second-order valence-corrected chi connectivity index (χ2v) is 9.43. The van der Waals surface area contributed by atoms with Crippen LogP contribution in [0, 0.1) is 6.92 Å². The van der Waals surface area contributed by atoms with E-state index in [0.29, 0.717) is 38.0 Å². The van der Waals surface area contributed by atoms with E-state index in [9.17, 15) is 8.42 Å². The molecule has 1 aliphatic heterocycles. The van der Waals surface area contributed by atoms with Crippen LogP contribution in [0.25, 0.3) is 11.7 Å². The molecule has 2 aliphatic rings. The fourth-order valence-electron chi connectivity index (χ4n) is 3.47. The Bertz CT molecular complexity index is 1110. The second-order valence-electron chi connectivity index (χ2n) is 7.57. The molecule has 0 unspecified atom stereocenters.